The van der Waals surface area contributed by atoms with Crippen molar-refractivity contribution in [1.82, 2.24) is 5.32 Å². The fourth-order valence-electron chi connectivity index (χ4n) is 1.46. The van der Waals surface area contributed by atoms with Gasteiger partial charge >= 0.3 is 18.0 Å². The van der Waals surface area contributed by atoms with Crippen LogP contribution < -0.4 is 5.32 Å². The van der Waals surface area contributed by atoms with Gasteiger partial charge in [0.05, 0.1) is 12.6 Å². The zero-order valence-electron chi connectivity index (χ0n) is 10.1. The Morgan fingerprint density at radius 1 is 1.15 bits per heavy atom. The van der Waals surface area contributed by atoms with Gasteiger partial charge in [-0.1, -0.05) is 30.3 Å². The van der Waals surface area contributed by atoms with Crippen LogP contribution in [0.15, 0.2) is 30.3 Å². The molecule has 1 atom stereocenters. The summed E-state index contributed by atoms with van der Waals surface area (Å²) >= 11 is 0. The van der Waals surface area contributed by atoms with Crippen molar-refractivity contribution in [3.05, 3.63) is 35.9 Å². The molecule has 20 heavy (non-hydrogen) atoms. The Kier molecular flexibility index (Phi) is 5.04. The quantitative estimate of drug-likeness (QED) is 0.816. The molecule has 1 aromatic rings. The molecule has 0 spiro atoms. The number of halogens is 5. The minimum atomic E-state index is -5.97. The van der Waals surface area contributed by atoms with Crippen LogP contribution in [0.3, 0.4) is 0 Å². The van der Waals surface area contributed by atoms with E-state index in [4.69, 9.17) is 5.11 Å². The highest BCUT2D eigenvalue weighted by atomic mass is 19.4. The van der Waals surface area contributed by atoms with Gasteiger partial charge < -0.3 is 10.4 Å². The monoisotopic (exact) mass is 297 g/mol. The minimum Gasteiger partial charge on any atom is -0.394 e. The lowest BCUT2D eigenvalue weighted by Crippen LogP contribution is -2.54. The number of rotatable bonds is 5. The highest BCUT2D eigenvalue weighted by Crippen LogP contribution is 2.35. The van der Waals surface area contributed by atoms with E-state index >= 15 is 0 Å². The topological polar surface area (TPSA) is 49.3 Å². The first-order valence-corrected chi connectivity index (χ1v) is 5.58. The lowest BCUT2D eigenvalue weighted by Gasteiger charge is -2.22. The number of aliphatic hydroxyl groups is 1. The van der Waals surface area contributed by atoms with Crippen LogP contribution in [0.25, 0.3) is 0 Å². The highest BCUT2D eigenvalue weighted by molar-refractivity contribution is 5.84. The van der Waals surface area contributed by atoms with Gasteiger partial charge in [0.25, 0.3) is 0 Å². The number of amides is 1. The first-order valence-electron chi connectivity index (χ1n) is 5.58. The largest absolute Gasteiger partial charge is 0.463 e. The SMILES string of the molecule is O=C(N[C@@H](CO)Cc1ccccc1)C(F)(F)C(F)(F)F. The number of hydrogen-bond donors (Lipinski definition) is 2. The summed E-state index contributed by atoms with van der Waals surface area (Å²) < 4.78 is 61.5. The third-order valence-electron chi connectivity index (χ3n) is 2.52. The van der Waals surface area contributed by atoms with Gasteiger partial charge in [-0.2, -0.15) is 22.0 Å². The van der Waals surface area contributed by atoms with Crippen LogP contribution in [0.5, 0.6) is 0 Å². The van der Waals surface area contributed by atoms with Crippen molar-refractivity contribution in [3.63, 3.8) is 0 Å². The molecular weight excluding hydrogens is 285 g/mol. The van der Waals surface area contributed by atoms with Crippen molar-refractivity contribution < 1.29 is 31.9 Å². The molecule has 0 bridgehead atoms. The molecule has 1 aromatic carbocycles. The number of benzene rings is 1. The zero-order valence-corrected chi connectivity index (χ0v) is 10.1. The molecule has 0 heterocycles. The maximum absolute atomic E-state index is 12.7. The first-order chi connectivity index (χ1) is 9.18. The molecule has 112 valence electrons. The molecule has 0 saturated heterocycles. The molecule has 8 heteroatoms. The Labute approximate surface area is 111 Å². The maximum Gasteiger partial charge on any atom is 0.463 e. The van der Waals surface area contributed by atoms with Crippen LogP contribution in [-0.2, 0) is 11.2 Å². The highest BCUT2D eigenvalue weighted by Gasteiger charge is 2.63. The third kappa shape index (κ3) is 3.89. The Bertz CT molecular complexity index is 447. The summed E-state index contributed by atoms with van der Waals surface area (Å²) in [5, 5.41) is 10.5. The summed E-state index contributed by atoms with van der Waals surface area (Å²) in [6.07, 6.45) is -6.03. The fourth-order valence-corrected chi connectivity index (χ4v) is 1.46. The van der Waals surface area contributed by atoms with Gasteiger partial charge in [-0.25, -0.2) is 0 Å². The second kappa shape index (κ2) is 6.17. The summed E-state index contributed by atoms with van der Waals surface area (Å²) in [6.45, 7) is -0.755. The molecule has 0 radical (unpaired) electrons. The van der Waals surface area contributed by atoms with Crippen LogP contribution in [0.1, 0.15) is 5.56 Å². The lowest BCUT2D eigenvalue weighted by atomic mass is 10.1. The molecular formula is C12H12F5NO2. The number of aliphatic hydroxyl groups excluding tert-OH is 1. The third-order valence-corrected chi connectivity index (χ3v) is 2.52. The summed E-state index contributed by atoms with van der Waals surface area (Å²) in [5.41, 5.74) is 0.585. The Balaban J connectivity index is 2.72. The van der Waals surface area contributed by atoms with E-state index in [1.54, 1.807) is 30.3 Å². The molecule has 0 aliphatic rings. The average Bonchev–Trinajstić information content (AvgIpc) is 2.37. The second-order valence-corrected chi connectivity index (χ2v) is 4.11. The van der Waals surface area contributed by atoms with Crippen molar-refractivity contribution >= 4 is 5.91 Å². The number of alkyl halides is 5. The molecule has 0 fully saturated rings. The van der Waals surface area contributed by atoms with Gasteiger partial charge in [-0.15, -0.1) is 0 Å². The van der Waals surface area contributed by atoms with Gasteiger partial charge in [0.2, 0.25) is 0 Å². The van der Waals surface area contributed by atoms with E-state index in [-0.39, 0.29) is 6.42 Å². The van der Waals surface area contributed by atoms with E-state index in [2.05, 4.69) is 0 Å². The average molecular weight is 297 g/mol. The molecule has 0 aliphatic heterocycles. The van der Waals surface area contributed by atoms with Crippen molar-refractivity contribution in [2.45, 2.75) is 24.6 Å². The normalized spacial score (nSPS) is 13.9. The fraction of sp³-hybridized carbons (Fsp3) is 0.417. The van der Waals surface area contributed by atoms with E-state index in [1.807, 2.05) is 0 Å². The smallest absolute Gasteiger partial charge is 0.394 e. The first kappa shape index (κ1) is 16.4. The molecule has 0 saturated carbocycles. The van der Waals surface area contributed by atoms with E-state index in [9.17, 15) is 26.7 Å². The van der Waals surface area contributed by atoms with Crippen LogP contribution in [0, 0.1) is 0 Å². The van der Waals surface area contributed by atoms with Crippen molar-refractivity contribution in [2.75, 3.05) is 6.61 Å². The van der Waals surface area contributed by atoms with Crippen LogP contribution in [-0.4, -0.2) is 35.8 Å². The van der Waals surface area contributed by atoms with Gasteiger partial charge in [0, 0.05) is 0 Å². The summed E-state index contributed by atoms with van der Waals surface area (Å²) in [6, 6.07) is 6.92. The molecule has 0 unspecified atom stereocenters. The Hall–Kier alpha value is -1.70. The molecule has 0 aliphatic carbocycles. The van der Waals surface area contributed by atoms with Crippen molar-refractivity contribution in [1.29, 1.82) is 0 Å². The summed E-state index contributed by atoms with van der Waals surface area (Å²) in [4.78, 5) is 11.0. The van der Waals surface area contributed by atoms with Gasteiger partial charge in [-0.05, 0) is 12.0 Å². The van der Waals surface area contributed by atoms with E-state index in [0.717, 1.165) is 0 Å². The second-order valence-electron chi connectivity index (χ2n) is 4.11. The Morgan fingerprint density at radius 2 is 1.70 bits per heavy atom. The number of carbonyl (C=O) groups is 1. The molecule has 3 nitrogen and oxygen atoms in total. The van der Waals surface area contributed by atoms with Crippen LogP contribution in [0.2, 0.25) is 0 Å². The lowest BCUT2D eigenvalue weighted by molar-refractivity contribution is -0.270. The van der Waals surface area contributed by atoms with Crippen LogP contribution in [0.4, 0.5) is 22.0 Å². The molecule has 1 amide bonds. The number of hydrogen-bond acceptors (Lipinski definition) is 2. The molecule has 0 aromatic heterocycles. The van der Waals surface area contributed by atoms with Crippen molar-refractivity contribution in [2.24, 2.45) is 0 Å². The standard InChI is InChI=1S/C12H12F5NO2/c13-11(14,12(15,16)17)10(20)18-9(7-19)6-8-4-2-1-3-5-8/h1-5,9,19H,6-7H2,(H,18,20)/t9-/m1/s1. The van der Waals surface area contributed by atoms with E-state index < -0.39 is 30.7 Å². The van der Waals surface area contributed by atoms with E-state index in [0.29, 0.717) is 5.56 Å². The summed E-state index contributed by atoms with van der Waals surface area (Å²) in [5.74, 6) is -7.96. The molecule has 2 N–H and O–H groups in total. The van der Waals surface area contributed by atoms with Crippen LogP contribution >= 0.6 is 0 Å². The number of carbonyl (C=O) groups excluding carboxylic acids is 1. The Morgan fingerprint density at radius 3 is 2.15 bits per heavy atom. The van der Waals surface area contributed by atoms with Crippen molar-refractivity contribution in [3.8, 4) is 0 Å². The predicted octanol–water partition coefficient (Wildman–Crippen LogP) is 1.90. The van der Waals surface area contributed by atoms with Gasteiger partial charge in [0.1, 0.15) is 0 Å². The van der Waals surface area contributed by atoms with Gasteiger partial charge in [-0.3, -0.25) is 4.79 Å². The predicted molar refractivity (Wildman–Crippen MR) is 60.2 cm³/mol. The zero-order chi connectivity index (χ0) is 15.4. The number of nitrogens with one attached hydrogen (secondary N) is 1. The maximum atomic E-state index is 12.7. The van der Waals surface area contributed by atoms with Gasteiger partial charge in [0.15, 0.2) is 0 Å². The van der Waals surface area contributed by atoms with E-state index in [1.165, 1.54) is 5.32 Å². The summed E-state index contributed by atoms with van der Waals surface area (Å²) in [7, 11) is 0. The minimum absolute atomic E-state index is 0.0585. The molecule has 1 rings (SSSR count).